The Morgan fingerprint density at radius 3 is 2.71 bits per heavy atom. The molecule has 1 heterocycles. The molecule has 0 unspecified atom stereocenters. The van der Waals surface area contributed by atoms with Crippen LogP contribution in [0.1, 0.15) is 23.2 Å². The first-order chi connectivity index (χ1) is 10.1. The quantitative estimate of drug-likeness (QED) is 0.848. The third-order valence-corrected chi connectivity index (χ3v) is 4.14. The standard InChI is InChI=1S/C16H19BrN2O2/c1-2-8-18-15(20)12-6-9-19(10-7-12)16(21)13-4-3-5-14(17)11-13/h2-5,11-12H,1,6-10H2,(H,18,20). The molecule has 21 heavy (non-hydrogen) atoms. The van der Waals surface area contributed by atoms with Gasteiger partial charge in [-0.15, -0.1) is 6.58 Å². The van der Waals surface area contributed by atoms with Crippen LogP contribution in [0.15, 0.2) is 41.4 Å². The minimum atomic E-state index is -0.00323. The van der Waals surface area contributed by atoms with Gasteiger partial charge in [0.05, 0.1) is 0 Å². The Morgan fingerprint density at radius 2 is 2.10 bits per heavy atom. The molecule has 0 bridgehead atoms. The lowest BCUT2D eigenvalue weighted by atomic mass is 9.95. The van der Waals surface area contributed by atoms with Crippen molar-refractivity contribution in [2.45, 2.75) is 12.8 Å². The SMILES string of the molecule is C=CCNC(=O)C1CCN(C(=O)c2cccc(Br)c2)CC1. The zero-order chi connectivity index (χ0) is 15.2. The summed E-state index contributed by atoms with van der Waals surface area (Å²) in [6, 6.07) is 7.39. The minimum absolute atomic E-state index is 0.00323. The molecule has 0 aromatic heterocycles. The van der Waals surface area contributed by atoms with Crippen molar-refractivity contribution in [3.05, 3.63) is 47.0 Å². The number of carbonyl (C=O) groups excluding carboxylic acids is 2. The summed E-state index contributed by atoms with van der Waals surface area (Å²) in [6.07, 6.45) is 3.09. The number of piperidine rings is 1. The normalized spacial score (nSPS) is 15.6. The lowest BCUT2D eigenvalue weighted by Crippen LogP contribution is -2.43. The molecule has 0 atom stereocenters. The van der Waals surface area contributed by atoms with Crippen molar-refractivity contribution >= 4 is 27.7 Å². The fourth-order valence-corrected chi connectivity index (χ4v) is 2.87. The maximum atomic E-state index is 12.4. The number of nitrogens with zero attached hydrogens (tertiary/aromatic N) is 1. The Balaban J connectivity index is 1.90. The lowest BCUT2D eigenvalue weighted by molar-refractivity contribution is -0.126. The van der Waals surface area contributed by atoms with E-state index in [0.717, 1.165) is 4.47 Å². The fraction of sp³-hybridized carbons (Fsp3) is 0.375. The van der Waals surface area contributed by atoms with Crippen molar-refractivity contribution in [1.82, 2.24) is 10.2 Å². The van der Waals surface area contributed by atoms with E-state index in [1.54, 1.807) is 6.08 Å². The van der Waals surface area contributed by atoms with Gasteiger partial charge in [-0.3, -0.25) is 9.59 Å². The number of hydrogen-bond donors (Lipinski definition) is 1. The molecule has 1 aliphatic heterocycles. The predicted octanol–water partition coefficient (Wildman–Crippen LogP) is 2.60. The van der Waals surface area contributed by atoms with Gasteiger partial charge in [-0.05, 0) is 31.0 Å². The number of benzene rings is 1. The van der Waals surface area contributed by atoms with Crippen LogP contribution in [0.25, 0.3) is 0 Å². The highest BCUT2D eigenvalue weighted by molar-refractivity contribution is 9.10. The van der Waals surface area contributed by atoms with Gasteiger partial charge in [0.25, 0.3) is 5.91 Å². The first kappa shape index (κ1) is 15.8. The van der Waals surface area contributed by atoms with Crippen LogP contribution in [-0.2, 0) is 4.79 Å². The predicted molar refractivity (Wildman–Crippen MR) is 86.0 cm³/mol. The van der Waals surface area contributed by atoms with Gasteiger partial charge < -0.3 is 10.2 Å². The second-order valence-electron chi connectivity index (χ2n) is 5.11. The van der Waals surface area contributed by atoms with Gasteiger partial charge in [0.15, 0.2) is 0 Å². The molecule has 0 saturated carbocycles. The van der Waals surface area contributed by atoms with Gasteiger partial charge in [-0.1, -0.05) is 28.1 Å². The van der Waals surface area contributed by atoms with E-state index in [-0.39, 0.29) is 17.7 Å². The van der Waals surface area contributed by atoms with E-state index in [0.29, 0.717) is 38.0 Å². The molecule has 1 N–H and O–H groups in total. The van der Waals surface area contributed by atoms with E-state index in [1.165, 1.54) is 0 Å². The van der Waals surface area contributed by atoms with E-state index in [2.05, 4.69) is 27.8 Å². The van der Waals surface area contributed by atoms with Crippen LogP contribution < -0.4 is 5.32 Å². The van der Waals surface area contributed by atoms with E-state index in [1.807, 2.05) is 29.2 Å². The average molecular weight is 351 g/mol. The maximum Gasteiger partial charge on any atom is 0.253 e. The maximum absolute atomic E-state index is 12.4. The van der Waals surface area contributed by atoms with E-state index in [4.69, 9.17) is 0 Å². The Kier molecular flexibility index (Phi) is 5.56. The number of nitrogens with one attached hydrogen (secondary N) is 1. The molecule has 4 nitrogen and oxygen atoms in total. The van der Waals surface area contributed by atoms with Crippen LogP contribution >= 0.6 is 15.9 Å². The van der Waals surface area contributed by atoms with Crippen molar-refractivity contribution in [3.8, 4) is 0 Å². The topological polar surface area (TPSA) is 49.4 Å². The fourth-order valence-electron chi connectivity index (χ4n) is 2.47. The van der Waals surface area contributed by atoms with Crippen LogP contribution in [0.2, 0.25) is 0 Å². The van der Waals surface area contributed by atoms with Gasteiger partial charge in [0.2, 0.25) is 5.91 Å². The van der Waals surface area contributed by atoms with Crippen LogP contribution in [0.5, 0.6) is 0 Å². The van der Waals surface area contributed by atoms with Gasteiger partial charge in [-0.25, -0.2) is 0 Å². The minimum Gasteiger partial charge on any atom is -0.352 e. The van der Waals surface area contributed by atoms with Crippen molar-refractivity contribution < 1.29 is 9.59 Å². The second kappa shape index (κ2) is 7.41. The first-order valence-electron chi connectivity index (χ1n) is 7.05. The van der Waals surface area contributed by atoms with Gasteiger partial charge in [0.1, 0.15) is 0 Å². The van der Waals surface area contributed by atoms with Crippen molar-refractivity contribution in [2.75, 3.05) is 19.6 Å². The van der Waals surface area contributed by atoms with Crippen LogP contribution in [0.3, 0.4) is 0 Å². The summed E-state index contributed by atoms with van der Waals surface area (Å²) in [6.45, 7) is 5.32. The smallest absolute Gasteiger partial charge is 0.253 e. The summed E-state index contributed by atoms with van der Waals surface area (Å²) < 4.78 is 0.895. The first-order valence-corrected chi connectivity index (χ1v) is 7.84. The highest BCUT2D eigenvalue weighted by atomic mass is 79.9. The molecule has 1 saturated heterocycles. The number of carbonyl (C=O) groups is 2. The summed E-state index contributed by atoms with van der Waals surface area (Å²) in [5.41, 5.74) is 0.680. The lowest BCUT2D eigenvalue weighted by Gasteiger charge is -2.31. The average Bonchev–Trinajstić information content (AvgIpc) is 2.52. The molecule has 1 aromatic carbocycles. The van der Waals surface area contributed by atoms with Crippen LogP contribution in [-0.4, -0.2) is 36.3 Å². The summed E-state index contributed by atoms with van der Waals surface area (Å²) in [5.74, 6) is 0.0854. The van der Waals surface area contributed by atoms with E-state index < -0.39 is 0 Å². The number of likely N-dealkylation sites (tertiary alicyclic amines) is 1. The molecule has 0 radical (unpaired) electrons. The Labute approximate surface area is 133 Å². The largest absolute Gasteiger partial charge is 0.352 e. The Hall–Kier alpha value is -1.62. The third kappa shape index (κ3) is 4.17. The third-order valence-electron chi connectivity index (χ3n) is 3.65. The molecule has 2 rings (SSSR count). The van der Waals surface area contributed by atoms with Gasteiger partial charge in [0, 0.05) is 35.6 Å². The molecule has 112 valence electrons. The molecule has 1 aliphatic rings. The summed E-state index contributed by atoms with van der Waals surface area (Å²) in [4.78, 5) is 26.1. The van der Waals surface area contributed by atoms with E-state index in [9.17, 15) is 9.59 Å². The number of hydrogen-bond acceptors (Lipinski definition) is 2. The Morgan fingerprint density at radius 1 is 1.38 bits per heavy atom. The number of halogens is 1. The van der Waals surface area contributed by atoms with Crippen LogP contribution in [0.4, 0.5) is 0 Å². The van der Waals surface area contributed by atoms with Crippen molar-refractivity contribution in [1.29, 1.82) is 0 Å². The van der Waals surface area contributed by atoms with E-state index >= 15 is 0 Å². The summed E-state index contributed by atoms with van der Waals surface area (Å²) in [5, 5.41) is 2.82. The summed E-state index contributed by atoms with van der Waals surface area (Å²) >= 11 is 3.38. The van der Waals surface area contributed by atoms with Crippen LogP contribution in [0, 0.1) is 5.92 Å². The number of rotatable bonds is 4. The highest BCUT2D eigenvalue weighted by Gasteiger charge is 2.27. The van der Waals surface area contributed by atoms with Crippen molar-refractivity contribution in [2.24, 2.45) is 5.92 Å². The molecular weight excluding hydrogens is 332 g/mol. The zero-order valence-corrected chi connectivity index (χ0v) is 13.4. The van der Waals surface area contributed by atoms with Crippen molar-refractivity contribution in [3.63, 3.8) is 0 Å². The Bertz CT molecular complexity index is 537. The van der Waals surface area contributed by atoms with Gasteiger partial charge >= 0.3 is 0 Å². The molecule has 1 fully saturated rings. The number of amides is 2. The second-order valence-corrected chi connectivity index (χ2v) is 6.03. The summed E-state index contributed by atoms with van der Waals surface area (Å²) in [7, 11) is 0. The molecule has 1 aromatic rings. The highest BCUT2D eigenvalue weighted by Crippen LogP contribution is 2.20. The molecule has 2 amide bonds. The molecule has 0 aliphatic carbocycles. The zero-order valence-electron chi connectivity index (χ0n) is 11.8. The monoisotopic (exact) mass is 350 g/mol. The van der Waals surface area contributed by atoms with Gasteiger partial charge in [-0.2, -0.15) is 0 Å². The molecule has 0 spiro atoms. The molecular formula is C16H19BrN2O2. The molecule has 5 heteroatoms.